The van der Waals surface area contributed by atoms with Crippen molar-refractivity contribution in [3.05, 3.63) is 39.4 Å². The summed E-state index contributed by atoms with van der Waals surface area (Å²) in [5.74, 6) is 0. The third-order valence-corrected chi connectivity index (χ3v) is 5.23. The SMILES string of the molecule is Clc1ccc(-c2cn3nc(C4CCCO4)sc3n2)cc1Cl. The summed E-state index contributed by atoms with van der Waals surface area (Å²) in [7, 11) is 0. The van der Waals surface area contributed by atoms with Crippen molar-refractivity contribution >= 4 is 39.5 Å². The second-order valence-electron chi connectivity index (χ2n) is 4.92. The molecule has 21 heavy (non-hydrogen) atoms. The molecule has 7 heteroatoms. The molecule has 4 rings (SSSR count). The number of halogens is 2. The third-order valence-electron chi connectivity index (χ3n) is 3.48. The maximum atomic E-state index is 6.05. The lowest BCUT2D eigenvalue weighted by molar-refractivity contribution is 0.111. The monoisotopic (exact) mass is 339 g/mol. The van der Waals surface area contributed by atoms with Crippen LogP contribution >= 0.6 is 34.5 Å². The number of nitrogens with zero attached hydrogens (tertiary/aromatic N) is 3. The number of aromatic nitrogens is 3. The number of ether oxygens (including phenoxy) is 1. The van der Waals surface area contributed by atoms with Crippen molar-refractivity contribution in [2.45, 2.75) is 18.9 Å². The molecular formula is C14H11Cl2N3OS. The van der Waals surface area contributed by atoms with Gasteiger partial charge in [-0.25, -0.2) is 9.50 Å². The van der Waals surface area contributed by atoms with Crippen LogP contribution in [-0.4, -0.2) is 21.2 Å². The zero-order valence-electron chi connectivity index (χ0n) is 10.9. The van der Waals surface area contributed by atoms with Gasteiger partial charge >= 0.3 is 0 Å². The smallest absolute Gasteiger partial charge is 0.212 e. The maximum Gasteiger partial charge on any atom is 0.212 e. The van der Waals surface area contributed by atoms with Gasteiger partial charge in [-0.05, 0) is 25.0 Å². The zero-order valence-corrected chi connectivity index (χ0v) is 13.3. The average molecular weight is 340 g/mol. The molecule has 0 N–H and O–H groups in total. The van der Waals surface area contributed by atoms with Gasteiger partial charge in [0.15, 0.2) is 0 Å². The summed E-state index contributed by atoms with van der Waals surface area (Å²) in [4.78, 5) is 5.47. The van der Waals surface area contributed by atoms with E-state index in [9.17, 15) is 0 Å². The maximum absolute atomic E-state index is 6.05. The van der Waals surface area contributed by atoms with E-state index in [0.717, 1.165) is 40.7 Å². The van der Waals surface area contributed by atoms with E-state index in [2.05, 4.69) is 10.1 Å². The van der Waals surface area contributed by atoms with Crippen LogP contribution in [0.2, 0.25) is 10.0 Å². The molecule has 1 aliphatic heterocycles. The van der Waals surface area contributed by atoms with Crippen LogP contribution in [0.25, 0.3) is 16.2 Å². The molecule has 1 aromatic carbocycles. The second-order valence-corrected chi connectivity index (χ2v) is 6.73. The summed E-state index contributed by atoms with van der Waals surface area (Å²) < 4.78 is 7.46. The Kier molecular flexibility index (Phi) is 3.38. The molecule has 0 saturated carbocycles. The van der Waals surface area contributed by atoms with Crippen LogP contribution in [0.15, 0.2) is 24.4 Å². The minimum Gasteiger partial charge on any atom is -0.371 e. The van der Waals surface area contributed by atoms with Crippen LogP contribution in [0, 0.1) is 0 Å². The summed E-state index contributed by atoms with van der Waals surface area (Å²) in [6, 6.07) is 5.50. The highest BCUT2D eigenvalue weighted by molar-refractivity contribution is 7.16. The number of hydrogen-bond donors (Lipinski definition) is 0. The van der Waals surface area contributed by atoms with Gasteiger partial charge in [0.1, 0.15) is 11.1 Å². The van der Waals surface area contributed by atoms with Gasteiger partial charge in [0, 0.05) is 12.2 Å². The van der Waals surface area contributed by atoms with Gasteiger partial charge in [-0.15, -0.1) is 0 Å². The lowest BCUT2D eigenvalue weighted by Crippen LogP contribution is -1.95. The third kappa shape index (κ3) is 2.44. The van der Waals surface area contributed by atoms with Crippen molar-refractivity contribution < 1.29 is 4.74 Å². The van der Waals surface area contributed by atoms with Crippen LogP contribution in [0.3, 0.4) is 0 Å². The number of benzene rings is 1. The van der Waals surface area contributed by atoms with Crippen molar-refractivity contribution in [1.82, 2.24) is 14.6 Å². The lowest BCUT2D eigenvalue weighted by Gasteiger charge is -2.02. The number of imidazole rings is 1. The Labute approximate surface area is 135 Å². The summed E-state index contributed by atoms with van der Waals surface area (Å²) >= 11 is 13.6. The molecule has 4 nitrogen and oxygen atoms in total. The Morgan fingerprint density at radius 3 is 2.90 bits per heavy atom. The molecule has 0 radical (unpaired) electrons. The molecule has 2 aromatic heterocycles. The van der Waals surface area contributed by atoms with E-state index in [-0.39, 0.29) is 6.10 Å². The standard InChI is InChI=1S/C14H11Cl2N3OS/c15-9-4-3-8(6-10(9)16)11-7-19-14(17-11)21-13(18-19)12-2-1-5-20-12/h3-4,6-7,12H,1-2,5H2. The molecule has 1 aliphatic rings. The van der Waals surface area contributed by atoms with Gasteiger partial charge in [0.25, 0.3) is 0 Å². The fourth-order valence-electron chi connectivity index (χ4n) is 2.41. The summed E-state index contributed by atoms with van der Waals surface area (Å²) in [6.45, 7) is 0.821. The molecule has 1 unspecified atom stereocenters. The predicted octanol–water partition coefficient (Wildman–Crippen LogP) is 4.62. The Balaban J connectivity index is 1.70. The molecule has 0 aliphatic carbocycles. The number of hydrogen-bond acceptors (Lipinski definition) is 4. The number of rotatable bonds is 2. The Morgan fingerprint density at radius 2 is 2.19 bits per heavy atom. The summed E-state index contributed by atoms with van der Waals surface area (Å²) in [6.07, 6.45) is 4.17. The van der Waals surface area contributed by atoms with Gasteiger partial charge in [-0.1, -0.05) is 40.6 Å². The molecule has 1 atom stereocenters. The predicted molar refractivity (Wildman–Crippen MR) is 84.2 cm³/mol. The topological polar surface area (TPSA) is 39.4 Å². The lowest BCUT2D eigenvalue weighted by atomic mass is 10.2. The quantitative estimate of drug-likeness (QED) is 0.684. The van der Waals surface area contributed by atoms with E-state index >= 15 is 0 Å². The minimum atomic E-state index is 0.130. The van der Waals surface area contributed by atoms with E-state index in [1.165, 1.54) is 0 Å². The fourth-order valence-corrected chi connectivity index (χ4v) is 3.67. The Hall–Kier alpha value is -1.14. The van der Waals surface area contributed by atoms with Crippen molar-refractivity contribution in [2.24, 2.45) is 0 Å². The fraction of sp³-hybridized carbons (Fsp3) is 0.286. The molecule has 0 spiro atoms. The number of fused-ring (bicyclic) bond motifs is 1. The Morgan fingerprint density at radius 1 is 1.29 bits per heavy atom. The van der Waals surface area contributed by atoms with Gasteiger partial charge in [-0.2, -0.15) is 5.10 Å². The molecular weight excluding hydrogens is 329 g/mol. The van der Waals surface area contributed by atoms with Gasteiger partial charge < -0.3 is 4.74 Å². The highest BCUT2D eigenvalue weighted by Crippen LogP contribution is 2.33. The first-order chi connectivity index (χ1) is 10.2. The van der Waals surface area contributed by atoms with Gasteiger partial charge in [-0.3, -0.25) is 0 Å². The van der Waals surface area contributed by atoms with Crippen molar-refractivity contribution in [1.29, 1.82) is 0 Å². The second kappa shape index (κ2) is 5.25. The molecule has 3 heterocycles. The first-order valence-electron chi connectivity index (χ1n) is 6.64. The first kappa shape index (κ1) is 13.5. The molecule has 0 amide bonds. The van der Waals surface area contributed by atoms with Crippen LogP contribution in [0.5, 0.6) is 0 Å². The van der Waals surface area contributed by atoms with Crippen molar-refractivity contribution in [2.75, 3.05) is 6.61 Å². The first-order valence-corrected chi connectivity index (χ1v) is 8.21. The minimum absolute atomic E-state index is 0.130. The van der Waals surface area contributed by atoms with Crippen LogP contribution in [0.1, 0.15) is 24.0 Å². The average Bonchev–Trinajstić information content (AvgIpc) is 3.14. The van der Waals surface area contributed by atoms with Gasteiger partial charge in [0.2, 0.25) is 4.96 Å². The van der Waals surface area contributed by atoms with E-state index in [4.69, 9.17) is 27.9 Å². The molecule has 3 aromatic rings. The zero-order chi connectivity index (χ0) is 14.4. The van der Waals surface area contributed by atoms with E-state index in [0.29, 0.717) is 10.0 Å². The van der Waals surface area contributed by atoms with Crippen LogP contribution < -0.4 is 0 Å². The van der Waals surface area contributed by atoms with Gasteiger partial charge in [0.05, 0.1) is 21.9 Å². The van der Waals surface area contributed by atoms with Crippen molar-refractivity contribution in [3.63, 3.8) is 0 Å². The van der Waals surface area contributed by atoms with E-state index in [1.54, 1.807) is 21.9 Å². The Bertz CT molecular complexity index is 776. The molecule has 1 fully saturated rings. The van der Waals surface area contributed by atoms with Crippen LogP contribution in [-0.2, 0) is 4.74 Å². The molecule has 108 valence electrons. The van der Waals surface area contributed by atoms with E-state index < -0.39 is 0 Å². The highest BCUT2D eigenvalue weighted by Gasteiger charge is 2.22. The summed E-state index contributed by atoms with van der Waals surface area (Å²) in [5.41, 5.74) is 1.77. The van der Waals surface area contributed by atoms with Crippen LogP contribution in [0.4, 0.5) is 0 Å². The molecule has 1 saturated heterocycles. The largest absolute Gasteiger partial charge is 0.371 e. The van der Waals surface area contributed by atoms with Crippen molar-refractivity contribution in [3.8, 4) is 11.3 Å². The normalized spacial score (nSPS) is 18.7. The van der Waals surface area contributed by atoms with E-state index in [1.807, 2.05) is 18.3 Å². The highest BCUT2D eigenvalue weighted by atomic mass is 35.5. The molecule has 0 bridgehead atoms. The summed E-state index contributed by atoms with van der Waals surface area (Å²) in [5, 5.41) is 6.63.